The molecular formula is C16H11F3N2O. The molecule has 2 N–H and O–H groups in total. The minimum Gasteiger partial charge on any atom is -0.308 e. The Bertz CT molecular complexity index is 715. The normalized spacial score (nSPS) is 10.6. The largest absolute Gasteiger partial charge is 0.416 e. The molecule has 0 fully saturated rings. The fourth-order valence-corrected chi connectivity index (χ4v) is 1.75. The fraction of sp³-hybridized carbons (Fsp3) is 0.0625. The summed E-state index contributed by atoms with van der Waals surface area (Å²) in [5, 5.41) is 4.97. The monoisotopic (exact) mass is 304 g/mol. The molecule has 0 heterocycles. The summed E-state index contributed by atoms with van der Waals surface area (Å²) in [6.45, 7) is 0. The van der Waals surface area contributed by atoms with Crippen molar-refractivity contribution in [3.63, 3.8) is 0 Å². The number of rotatable bonds is 2. The Kier molecular flexibility index (Phi) is 4.37. The van der Waals surface area contributed by atoms with Gasteiger partial charge in [0.2, 0.25) is 0 Å². The summed E-state index contributed by atoms with van der Waals surface area (Å²) < 4.78 is 37.3. The quantitative estimate of drug-likeness (QED) is 0.797. The number of hydrogen-bond acceptors (Lipinski definition) is 1. The van der Waals surface area contributed by atoms with Gasteiger partial charge in [0.25, 0.3) is 0 Å². The predicted octanol–water partition coefficient (Wildman–Crippen LogP) is 4.33. The molecule has 6 heteroatoms. The molecule has 0 bridgehead atoms. The van der Waals surface area contributed by atoms with Crippen LogP contribution >= 0.6 is 0 Å². The standard InChI is InChI=1S/C16H11F3N2O/c1-2-11-5-3-4-6-14(11)21-15(22)20-13-9-7-12(8-10-13)16(17,18)19/h1,3-10H,(H2,20,21,22). The lowest BCUT2D eigenvalue weighted by atomic mass is 10.2. The summed E-state index contributed by atoms with van der Waals surface area (Å²) in [5.41, 5.74) is 0.402. The molecular weight excluding hydrogens is 293 g/mol. The number of urea groups is 1. The molecule has 0 unspecified atom stereocenters. The van der Waals surface area contributed by atoms with E-state index in [2.05, 4.69) is 16.6 Å². The molecule has 2 aromatic rings. The second-order valence-corrected chi connectivity index (χ2v) is 4.34. The van der Waals surface area contributed by atoms with Crippen LogP contribution in [0.1, 0.15) is 11.1 Å². The highest BCUT2D eigenvalue weighted by Crippen LogP contribution is 2.29. The lowest BCUT2D eigenvalue weighted by molar-refractivity contribution is -0.137. The van der Waals surface area contributed by atoms with Gasteiger partial charge in [0, 0.05) is 11.3 Å². The van der Waals surface area contributed by atoms with E-state index in [-0.39, 0.29) is 5.69 Å². The number of carbonyl (C=O) groups excluding carboxylic acids is 1. The number of para-hydroxylation sites is 1. The van der Waals surface area contributed by atoms with Gasteiger partial charge in [-0.15, -0.1) is 6.42 Å². The average molecular weight is 304 g/mol. The Labute approximate surface area is 125 Å². The molecule has 0 aromatic heterocycles. The van der Waals surface area contributed by atoms with E-state index in [4.69, 9.17) is 6.42 Å². The average Bonchev–Trinajstić information content (AvgIpc) is 2.47. The number of terminal acetylenes is 1. The van der Waals surface area contributed by atoms with Gasteiger partial charge in [-0.25, -0.2) is 4.79 Å². The van der Waals surface area contributed by atoms with Crippen molar-refractivity contribution in [3.8, 4) is 12.3 Å². The molecule has 0 spiro atoms. The van der Waals surface area contributed by atoms with E-state index >= 15 is 0 Å². The van der Waals surface area contributed by atoms with Gasteiger partial charge in [0.05, 0.1) is 11.3 Å². The summed E-state index contributed by atoms with van der Waals surface area (Å²) in [6, 6.07) is 10.3. The number of carbonyl (C=O) groups is 1. The Morgan fingerprint density at radius 2 is 1.64 bits per heavy atom. The van der Waals surface area contributed by atoms with Crippen LogP contribution in [0.5, 0.6) is 0 Å². The first-order valence-electron chi connectivity index (χ1n) is 6.21. The van der Waals surface area contributed by atoms with Gasteiger partial charge in [0.1, 0.15) is 0 Å². The second-order valence-electron chi connectivity index (χ2n) is 4.34. The van der Waals surface area contributed by atoms with Gasteiger partial charge in [-0.05, 0) is 36.4 Å². The predicted molar refractivity (Wildman–Crippen MR) is 78.5 cm³/mol. The number of alkyl halides is 3. The summed E-state index contributed by atoms with van der Waals surface area (Å²) in [7, 11) is 0. The molecule has 3 nitrogen and oxygen atoms in total. The summed E-state index contributed by atoms with van der Waals surface area (Å²) >= 11 is 0. The number of benzene rings is 2. The lowest BCUT2D eigenvalue weighted by Crippen LogP contribution is -2.20. The van der Waals surface area contributed by atoms with Crippen molar-refractivity contribution in [2.24, 2.45) is 0 Å². The van der Waals surface area contributed by atoms with Gasteiger partial charge >= 0.3 is 12.2 Å². The van der Waals surface area contributed by atoms with Crippen LogP contribution in [0, 0.1) is 12.3 Å². The van der Waals surface area contributed by atoms with Gasteiger partial charge in [-0.3, -0.25) is 0 Å². The van der Waals surface area contributed by atoms with Crippen molar-refractivity contribution < 1.29 is 18.0 Å². The van der Waals surface area contributed by atoms with Crippen LogP contribution in [-0.4, -0.2) is 6.03 Å². The SMILES string of the molecule is C#Cc1ccccc1NC(=O)Nc1ccc(C(F)(F)F)cc1. The molecule has 0 saturated carbocycles. The Balaban J connectivity index is 2.05. The molecule has 0 aliphatic rings. The van der Waals surface area contributed by atoms with Crippen LogP contribution in [0.3, 0.4) is 0 Å². The summed E-state index contributed by atoms with van der Waals surface area (Å²) in [5.74, 6) is 2.42. The number of hydrogen-bond donors (Lipinski definition) is 2. The number of amides is 2. The maximum atomic E-state index is 12.4. The molecule has 2 rings (SSSR count). The summed E-state index contributed by atoms with van der Waals surface area (Å²) in [6.07, 6.45) is 0.898. The minimum absolute atomic E-state index is 0.240. The highest BCUT2D eigenvalue weighted by Gasteiger charge is 2.29. The second kappa shape index (κ2) is 6.22. The lowest BCUT2D eigenvalue weighted by Gasteiger charge is -2.10. The molecule has 0 radical (unpaired) electrons. The topological polar surface area (TPSA) is 41.1 Å². The molecule has 2 amide bonds. The fourth-order valence-electron chi connectivity index (χ4n) is 1.75. The van der Waals surface area contributed by atoms with E-state index < -0.39 is 17.8 Å². The van der Waals surface area contributed by atoms with Crippen LogP contribution < -0.4 is 10.6 Å². The van der Waals surface area contributed by atoms with Crippen molar-refractivity contribution in [3.05, 3.63) is 59.7 Å². The van der Waals surface area contributed by atoms with Crippen LogP contribution in [0.4, 0.5) is 29.3 Å². The third kappa shape index (κ3) is 3.79. The van der Waals surface area contributed by atoms with Gasteiger partial charge in [0.15, 0.2) is 0 Å². The van der Waals surface area contributed by atoms with Crippen molar-refractivity contribution in [1.82, 2.24) is 0 Å². The van der Waals surface area contributed by atoms with Crippen molar-refractivity contribution in [2.75, 3.05) is 10.6 Å². The zero-order valence-electron chi connectivity index (χ0n) is 11.2. The van der Waals surface area contributed by atoms with Crippen LogP contribution in [-0.2, 0) is 6.18 Å². The Morgan fingerprint density at radius 3 is 2.23 bits per heavy atom. The maximum Gasteiger partial charge on any atom is 0.416 e. The number of nitrogens with one attached hydrogen (secondary N) is 2. The van der Waals surface area contributed by atoms with E-state index in [1.165, 1.54) is 12.1 Å². The van der Waals surface area contributed by atoms with Gasteiger partial charge in [-0.2, -0.15) is 13.2 Å². The van der Waals surface area contributed by atoms with Crippen molar-refractivity contribution in [2.45, 2.75) is 6.18 Å². The molecule has 0 aliphatic carbocycles. The summed E-state index contributed by atoms with van der Waals surface area (Å²) in [4.78, 5) is 11.8. The van der Waals surface area contributed by atoms with Crippen LogP contribution in [0.25, 0.3) is 0 Å². The zero-order chi connectivity index (χ0) is 16.2. The van der Waals surface area contributed by atoms with Gasteiger partial charge in [-0.1, -0.05) is 18.1 Å². The Hall–Kier alpha value is -2.94. The molecule has 112 valence electrons. The molecule has 0 atom stereocenters. The van der Waals surface area contributed by atoms with E-state index in [1.54, 1.807) is 24.3 Å². The third-order valence-electron chi connectivity index (χ3n) is 2.80. The first kappa shape index (κ1) is 15.4. The highest BCUT2D eigenvalue weighted by atomic mass is 19.4. The van der Waals surface area contributed by atoms with Crippen molar-refractivity contribution in [1.29, 1.82) is 0 Å². The molecule has 22 heavy (non-hydrogen) atoms. The van der Waals surface area contributed by atoms with Crippen LogP contribution in [0.2, 0.25) is 0 Å². The zero-order valence-corrected chi connectivity index (χ0v) is 11.2. The molecule has 0 aliphatic heterocycles. The smallest absolute Gasteiger partial charge is 0.308 e. The first-order chi connectivity index (χ1) is 10.4. The first-order valence-corrected chi connectivity index (χ1v) is 6.21. The number of anilines is 2. The van der Waals surface area contributed by atoms with E-state index in [0.717, 1.165) is 12.1 Å². The third-order valence-corrected chi connectivity index (χ3v) is 2.80. The van der Waals surface area contributed by atoms with E-state index in [9.17, 15) is 18.0 Å². The minimum atomic E-state index is -4.41. The molecule has 0 saturated heterocycles. The van der Waals surface area contributed by atoms with Gasteiger partial charge < -0.3 is 10.6 Å². The van der Waals surface area contributed by atoms with Crippen LogP contribution in [0.15, 0.2) is 48.5 Å². The highest BCUT2D eigenvalue weighted by molar-refractivity contribution is 6.00. The maximum absolute atomic E-state index is 12.4. The van der Waals surface area contributed by atoms with E-state index in [0.29, 0.717) is 11.3 Å². The molecule has 2 aromatic carbocycles. The van der Waals surface area contributed by atoms with Crippen molar-refractivity contribution >= 4 is 17.4 Å². The van der Waals surface area contributed by atoms with E-state index in [1.807, 2.05) is 0 Å². The number of halogens is 3. The Morgan fingerprint density at radius 1 is 1.00 bits per heavy atom.